The third-order valence-electron chi connectivity index (χ3n) is 3.83. The zero-order chi connectivity index (χ0) is 12.8. The van der Waals surface area contributed by atoms with Crippen molar-refractivity contribution in [2.24, 2.45) is 0 Å². The van der Waals surface area contributed by atoms with Gasteiger partial charge in [0.15, 0.2) is 0 Å². The molecule has 1 aromatic carbocycles. The SMILES string of the molecule is COC1CCC(N[C@H](CO)c2ccccc2)CC1. The van der Waals surface area contributed by atoms with Gasteiger partial charge in [-0.15, -0.1) is 0 Å². The van der Waals surface area contributed by atoms with Crippen LogP contribution in [0.3, 0.4) is 0 Å². The standard InChI is InChI=1S/C15H23NO2/c1-18-14-9-7-13(8-10-14)16-15(11-17)12-5-3-2-4-6-12/h2-6,13-17H,7-11H2,1H3/t13?,14?,15-/m1/s1. The molecule has 1 aromatic rings. The second kappa shape index (κ2) is 6.88. The third-order valence-corrected chi connectivity index (χ3v) is 3.83. The van der Waals surface area contributed by atoms with Crippen LogP contribution in [-0.2, 0) is 4.74 Å². The largest absolute Gasteiger partial charge is 0.394 e. The van der Waals surface area contributed by atoms with E-state index in [1.807, 2.05) is 18.2 Å². The first kappa shape index (κ1) is 13.5. The normalized spacial score (nSPS) is 25.9. The predicted octanol–water partition coefficient (Wildman–Crippen LogP) is 2.27. The average Bonchev–Trinajstić information content (AvgIpc) is 2.46. The van der Waals surface area contributed by atoms with Crippen molar-refractivity contribution < 1.29 is 9.84 Å². The Morgan fingerprint density at radius 1 is 1.22 bits per heavy atom. The molecule has 0 radical (unpaired) electrons. The highest BCUT2D eigenvalue weighted by Gasteiger charge is 2.23. The van der Waals surface area contributed by atoms with Gasteiger partial charge in [0, 0.05) is 13.2 Å². The monoisotopic (exact) mass is 249 g/mol. The number of aliphatic hydroxyl groups excluding tert-OH is 1. The van der Waals surface area contributed by atoms with Gasteiger partial charge in [-0.25, -0.2) is 0 Å². The molecule has 0 heterocycles. The predicted molar refractivity (Wildman–Crippen MR) is 72.5 cm³/mol. The molecule has 0 amide bonds. The van der Waals surface area contributed by atoms with Crippen molar-refractivity contribution in [2.45, 2.75) is 43.9 Å². The number of methoxy groups -OCH3 is 1. The first-order valence-corrected chi connectivity index (χ1v) is 6.78. The molecular weight excluding hydrogens is 226 g/mol. The molecule has 3 heteroatoms. The fourth-order valence-electron chi connectivity index (χ4n) is 2.69. The molecule has 0 spiro atoms. The van der Waals surface area contributed by atoms with Gasteiger partial charge < -0.3 is 15.2 Å². The summed E-state index contributed by atoms with van der Waals surface area (Å²) in [6.45, 7) is 0.147. The number of rotatable bonds is 5. The first-order valence-electron chi connectivity index (χ1n) is 6.78. The molecule has 1 aliphatic rings. The van der Waals surface area contributed by atoms with Gasteiger partial charge in [0.05, 0.1) is 18.8 Å². The van der Waals surface area contributed by atoms with E-state index in [9.17, 15) is 5.11 Å². The zero-order valence-electron chi connectivity index (χ0n) is 11.0. The van der Waals surface area contributed by atoms with Crippen LogP contribution in [0.1, 0.15) is 37.3 Å². The maximum Gasteiger partial charge on any atom is 0.0626 e. The molecule has 1 fully saturated rings. The van der Waals surface area contributed by atoms with Crippen molar-refractivity contribution in [1.29, 1.82) is 0 Å². The summed E-state index contributed by atoms with van der Waals surface area (Å²) in [5.74, 6) is 0. The fourth-order valence-corrected chi connectivity index (χ4v) is 2.69. The number of benzene rings is 1. The topological polar surface area (TPSA) is 41.5 Å². The van der Waals surface area contributed by atoms with Gasteiger partial charge in [0.25, 0.3) is 0 Å². The highest BCUT2D eigenvalue weighted by molar-refractivity contribution is 5.19. The maximum atomic E-state index is 9.52. The summed E-state index contributed by atoms with van der Waals surface area (Å²) in [4.78, 5) is 0. The Morgan fingerprint density at radius 2 is 1.89 bits per heavy atom. The molecule has 2 rings (SSSR count). The van der Waals surface area contributed by atoms with Gasteiger partial charge in [-0.3, -0.25) is 0 Å². The second-order valence-corrected chi connectivity index (χ2v) is 5.02. The number of aliphatic hydroxyl groups is 1. The van der Waals surface area contributed by atoms with Gasteiger partial charge in [-0.2, -0.15) is 0 Å². The van der Waals surface area contributed by atoms with Gasteiger partial charge in [0.2, 0.25) is 0 Å². The molecule has 1 saturated carbocycles. The summed E-state index contributed by atoms with van der Waals surface area (Å²) in [6, 6.07) is 10.7. The molecule has 0 aromatic heterocycles. The summed E-state index contributed by atoms with van der Waals surface area (Å²) < 4.78 is 5.38. The summed E-state index contributed by atoms with van der Waals surface area (Å²) >= 11 is 0. The lowest BCUT2D eigenvalue weighted by Gasteiger charge is -2.31. The van der Waals surface area contributed by atoms with E-state index in [1.54, 1.807) is 7.11 Å². The quantitative estimate of drug-likeness (QED) is 0.841. The molecule has 1 atom stereocenters. The second-order valence-electron chi connectivity index (χ2n) is 5.02. The minimum Gasteiger partial charge on any atom is -0.394 e. The summed E-state index contributed by atoms with van der Waals surface area (Å²) in [6.07, 6.45) is 4.90. The molecule has 100 valence electrons. The van der Waals surface area contributed by atoms with Crippen LogP contribution in [-0.4, -0.2) is 31.0 Å². The van der Waals surface area contributed by atoms with Crippen LogP contribution in [0.25, 0.3) is 0 Å². The summed E-state index contributed by atoms with van der Waals surface area (Å²) in [5.41, 5.74) is 1.16. The van der Waals surface area contributed by atoms with Crippen molar-refractivity contribution in [3.05, 3.63) is 35.9 Å². The Morgan fingerprint density at radius 3 is 2.44 bits per heavy atom. The fraction of sp³-hybridized carbons (Fsp3) is 0.600. The Bertz CT molecular complexity index is 334. The van der Waals surface area contributed by atoms with Gasteiger partial charge >= 0.3 is 0 Å². The first-order chi connectivity index (χ1) is 8.83. The van der Waals surface area contributed by atoms with Gasteiger partial charge in [0.1, 0.15) is 0 Å². The average molecular weight is 249 g/mol. The minimum absolute atomic E-state index is 0.0512. The van der Waals surface area contributed by atoms with Gasteiger partial charge in [-0.05, 0) is 31.2 Å². The maximum absolute atomic E-state index is 9.52. The smallest absolute Gasteiger partial charge is 0.0626 e. The molecule has 3 nitrogen and oxygen atoms in total. The van der Waals surface area contributed by atoms with Crippen molar-refractivity contribution in [3.8, 4) is 0 Å². The van der Waals surface area contributed by atoms with E-state index in [0.717, 1.165) is 31.2 Å². The van der Waals surface area contributed by atoms with Crippen LogP contribution in [0, 0.1) is 0 Å². The Hall–Kier alpha value is -0.900. The molecule has 2 N–H and O–H groups in total. The molecule has 1 aliphatic carbocycles. The highest BCUT2D eigenvalue weighted by Crippen LogP contribution is 2.23. The van der Waals surface area contributed by atoms with E-state index in [4.69, 9.17) is 4.74 Å². The Labute approximate surface area is 109 Å². The van der Waals surface area contributed by atoms with Crippen molar-refractivity contribution in [1.82, 2.24) is 5.32 Å². The lowest BCUT2D eigenvalue weighted by atomic mass is 9.92. The molecule has 18 heavy (non-hydrogen) atoms. The zero-order valence-corrected chi connectivity index (χ0v) is 11.0. The van der Waals surface area contributed by atoms with Crippen LogP contribution in [0.15, 0.2) is 30.3 Å². The summed E-state index contributed by atoms with van der Waals surface area (Å²) in [5, 5.41) is 13.1. The number of hydrogen-bond donors (Lipinski definition) is 2. The minimum atomic E-state index is 0.0512. The summed E-state index contributed by atoms with van der Waals surface area (Å²) in [7, 11) is 1.79. The highest BCUT2D eigenvalue weighted by atomic mass is 16.5. The molecule has 0 saturated heterocycles. The van der Waals surface area contributed by atoms with Crippen LogP contribution >= 0.6 is 0 Å². The number of hydrogen-bond acceptors (Lipinski definition) is 3. The van der Waals surface area contributed by atoms with E-state index in [0.29, 0.717) is 12.1 Å². The van der Waals surface area contributed by atoms with E-state index in [1.165, 1.54) is 0 Å². The molecule has 0 aliphatic heterocycles. The number of nitrogens with one attached hydrogen (secondary N) is 1. The van der Waals surface area contributed by atoms with E-state index < -0.39 is 0 Å². The van der Waals surface area contributed by atoms with Crippen molar-refractivity contribution in [2.75, 3.05) is 13.7 Å². The lowest BCUT2D eigenvalue weighted by molar-refractivity contribution is 0.0597. The third kappa shape index (κ3) is 3.55. The molecule has 0 bridgehead atoms. The molecular formula is C15H23NO2. The van der Waals surface area contributed by atoms with Crippen LogP contribution in [0.4, 0.5) is 0 Å². The Kier molecular flexibility index (Phi) is 5.17. The van der Waals surface area contributed by atoms with Crippen LogP contribution < -0.4 is 5.32 Å². The van der Waals surface area contributed by atoms with E-state index in [2.05, 4.69) is 17.4 Å². The lowest BCUT2D eigenvalue weighted by Crippen LogP contribution is -2.38. The van der Waals surface area contributed by atoms with E-state index in [-0.39, 0.29) is 12.6 Å². The van der Waals surface area contributed by atoms with Crippen LogP contribution in [0.5, 0.6) is 0 Å². The van der Waals surface area contributed by atoms with E-state index >= 15 is 0 Å². The molecule has 0 unspecified atom stereocenters. The van der Waals surface area contributed by atoms with Crippen LogP contribution in [0.2, 0.25) is 0 Å². The van der Waals surface area contributed by atoms with Crippen molar-refractivity contribution >= 4 is 0 Å². The Balaban J connectivity index is 1.88. The van der Waals surface area contributed by atoms with Gasteiger partial charge in [-0.1, -0.05) is 30.3 Å². The van der Waals surface area contributed by atoms with Crippen molar-refractivity contribution in [3.63, 3.8) is 0 Å². The number of ether oxygens (including phenoxy) is 1.